The number of piperidine rings is 1. The highest BCUT2D eigenvalue weighted by molar-refractivity contribution is 5.30. The van der Waals surface area contributed by atoms with Crippen molar-refractivity contribution in [3.63, 3.8) is 0 Å². The molecule has 0 aliphatic carbocycles. The Morgan fingerprint density at radius 3 is 2.59 bits per heavy atom. The van der Waals surface area contributed by atoms with E-state index in [9.17, 15) is 0 Å². The smallest absolute Gasteiger partial charge is 0.0238 e. The number of hydrogen-bond acceptors (Lipinski definition) is 2. The lowest BCUT2D eigenvalue weighted by atomic mass is 9.83. The third-order valence-corrected chi connectivity index (χ3v) is 4.01. The second kappa shape index (κ2) is 5.19. The quantitative estimate of drug-likeness (QED) is 0.849. The molecule has 2 N–H and O–H groups in total. The van der Waals surface area contributed by atoms with E-state index in [1.165, 1.54) is 24.1 Å². The zero-order valence-corrected chi connectivity index (χ0v) is 11.2. The summed E-state index contributed by atoms with van der Waals surface area (Å²) in [5, 5.41) is 0. The zero-order valence-electron chi connectivity index (χ0n) is 11.2. The van der Waals surface area contributed by atoms with Gasteiger partial charge < -0.3 is 5.73 Å². The summed E-state index contributed by atoms with van der Waals surface area (Å²) in [6, 6.07) is 9.55. The van der Waals surface area contributed by atoms with Crippen LogP contribution in [-0.4, -0.2) is 30.1 Å². The summed E-state index contributed by atoms with van der Waals surface area (Å²) in [6.45, 7) is 8.89. The third-order valence-electron chi connectivity index (χ3n) is 4.01. The Labute approximate surface area is 105 Å². The molecule has 0 bridgehead atoms. The summed E-state index contributed by atoms with van der Waals surface area (Å²) in [5.41, 5.74) is 9.19. The molecule has 1 heterocycles. The van der Waals surface area contributed by atoms with E-state index < -0.39 is 0 Å². The molecule has 2 atom stereocenters. The highest BCUT2D eigenvalue weighted by Crippen LogP contribution is 2.29. The van der Waals surface area contributed by atoms with Gasteiger partial charge >= 0.3 is 0 Å². The molecule has 0 amide bonds. The minimum atomic E-state index is 0.271. The van der Waals surface area contributed by atoms with Crippen LogP contribution in [0.15, 0.2) is 24.3 Å². The first kappa shape index (κ1) is 12.6. The van der Waals surface area contributed by atoms with Gasteiger partial charge in [0.25, 0.3) is 0 Å². The molecular weight excluding hydrogens is 208 g/mol. The van der Waals surface area contributed by atoms with Crippen molar-refractivity contribution in [2.75, 3.05) is 13.1 Å². The maximum Gasteiger partial charge on any atom is 0.0238 e. The summed E-state index contributed by atoms with van der Waals surface area (Å²) in [5.74, 6) is 0.534. The van der Waals surface area contributed by atoms with Crippen LogP contribution in [0, 0.1) is 6.92 Å². The Balaban J connectivity index is 2.12. The molecule has 17 heavy (non-hydrogen) atoms. The summed E-state index contributed by atoms with van der Waals surface area (Å²) in [4.78, 5) is 2.49. The van der Waals surface area contributed by atoms with E-state index in [4.69, 9.17) is 5.73 Å². The van der Waals surface area contributed by atoms with Crippen LogP contribution in [0.5, 0.6) is 0 Å². The molecule has 1 aromatic carbocycles. The van der Waals surface area contributed by atoms with Gasteiger partial charge in [0.15, 0.2) is 0 Å². The molecule has 1 fully saturated rings. The van der Waals surface area contributed by atoms with Crippen molar-refractivity contribution in [1.82, 2.24) is 4.90 Å². The number of benzene rings is 1. The van der Waals surface area contributed by atoms with Gasteiger partial charge in [-0.25, -0.2) is 0 Å². The fourth-order valence-electron chi connectivity index (χ4n) is 2.87. The van der Waals surface area contributed by atoms with Gasteiger partial charge in [-0.3, -0.25) is 4.90 Å². The van der Waals surface area contributed by atoms with Crippen LogP contribution < -0.4 is 5.73 Å². The van der Waals surface area contributed by atoms with Crippen molar-refractivity contribution in [2.45, 2.75) is 45.2 Å². The lowest BCUT2D eigenvalue weighted by molar-refractivity contribution is 0.154. The van der Waals surface area contributed by atoms with Crippen LogP contribution in [0.3, 0.4) is 0 Å². The van der Waals surface area contributed by atoms with Gasteiger partial charge in [-0.1, -0.05) is 24.3 Å². The Hall–Kier alpha value is -0.860. The standard InChI is InChI=1S/C15H24N2/c1-11(2)17-9-8-14(15(16)10-17)13-7-5-4-6-12(13)3/h4-7,11,14-15H,8-10,16H2,1-3H3. The molecule has 94 valence electrons. The predicted octanol–water partition coefficient (Wildman–Crippen LogP) is 2.52. The molecule has 1 saturated heterocycles. The zero-order chi connectivity index (χ0) is 12.4. The van der Waals surface area contributed by atoms with Crippen LogP contribution in [0.25, 0.3) is 0 Å². The van der Waals surface area contributed by atoms with Crippen molar-refractivity contribution < 1.29 is 0 Å². The summed E-state index contributed by atoms with van der Waals surface area (Å²) in [6.07, 6.45) is 1.18. The molecule has 0 saturated carbocycles. The number of nitrogens with two attached hydrogens (primary N) is 1. The highest BCUT2D eigenvalue weighted by atomic mass is 15.2. The molecule has 1 aliphatic heterocycles. The number of likely N-dealkylation sites (tertiary alicyclic amines) is 1. The monoisotopic (exact) mass is 232 g/mol. The molecular formula is C15H24N2. The first-order valence-electron chi connectivity index (χ1n) is 6.64. The van der Waals surface area contributed by atoms with E-state index in [0.29, 0.717) is 12.0 Å². The SMILES string of the molecule is Cc1ccccc1C1CCN(C(C)C)CC1N. The van der Waals surface area contributed by atoms with Crippen LogP contribution in [-0.2, 0) is 0 Å². The van der Waals surface area contributed by atoms with Gasteiger partial charge in [0, 0.05) is 24.5 Å². The molecule has 1 aromatic rings. The summed E-state index contributed by atoms with van der Waals surface area (Å²) >= 11 is 0. The molecule has 0 radical (unpaired) electrons. The molecule has 2 rings (SSSR count). The largest absolute Gasteiger partial charge is 0.326 e. The first-order valence-corrected chi connectivity index (χ1v) is 6.64. The van der Waals surface area contributed by atoms with Crippen LogP contribution in [0.2, 0.25) is 0 Å². The second-order valence-electron chi connectivity index (χ2n) is 5.50. The molecule has 0 spiro atoms. The van der Waals surface area contributed by atoms with E-state index in [0.717, 1.165) is 6.54 Å². The van der Waals surface area contributed by atoms with Crippen molar-refractivity contribution in [3.05, 3.63) is 35.4 Å². The first-order chi connectivity index (χ1) is 8.09. The minimum Gasteiger partial charge on any atom is -0.326 e. The predicted molar refractivity (Wildman–Crippen MR) is 73.2 cm³/mol. The molecule has 0 aromatic heterocycles. The Bertz CT molecular complexity index is 373. The molecule has 2 unspecified atom stereocenters. The average Bonchev–Trinajstić information content (AvgIpc) is 2.30. The lowest BCUT2D eigenvalue weighted by Gasteiger charge is -2.39. The van der Waals surface area contributed by atoms with E-state index >= 15 is 0 Å². The van der Waals surface area contributed by atoms with Gasteiger partial charge in [0.1, 0.15) is 0 Å². The molecule has 2 heteroatoms. The molecule has 1 aliphatic rings. The van der Waals surface area contributed by atoms with Crippen molar-refractivity contribution in [2.24, 2.45) is 5.73 Å². The Kier molecular flexibility index (Phi) is 3.85. The number of hydrogen-bond donors (Lipinski definition) is 1. The topological polar surface area (TPSA) is 29.3 Å². The third kappa shape index (κ3) is 2.70. The summed E-state index contributed by atoms with van der Waals surface area (Å²) in [7, 11) is 0. The van der Waals surface area contributed by atoms with E-state index in [1.54, 1.807) is 0 Å². The minimum absolute atomic E-state index is 0.271. The fourth-order valence-corrected chi connectivity index (χ4v) is 2.87. The van der Waals surface area contributed by atoms with Crippen molar-refractivity contribution in [3.8, 4) is 0 Å². The maximum atomic E-state index is 6.37. The Morgan fingerprint density at radius 2 is 2.00 bits per heavy atom. The van der Waals surface area contributed by atoms with Crippen LogP contribution >= 0.6 is 0 Å². The maximum absolute atomic E-state index is 6.37. The number of rotatable bonds is 2. The van der Waals surface area contributed by atoms with Crippen LogP contribution in [0.4, 0.5) is 0 Å². The normalized spacial score (nSPS) is 26.4. The summed E-state index contributed by atoms with van der Waals surface area (Å²) < 4.78 is 0. The van der Waals surface area contributed by atoms with Gasteiger partial charge in [0.2, 0.25) is 0 Å². The Morgan fingerprint density at radius 1 is 1.29 bits per heavy atom. The van der Waals surface area contributed by atoms with Gasteiger partial charge in [-0.2, -0.15) is 0 Å². The fraction of sp³-hybridized carbons (Fsp3) is 0.600. The highest BCUT2D eigenvalue weighted by Gasteiger charge is 2.29. The second-order valence-corrected chi connectivity index (χ2v) is 5.50. The average molecular weight is 232 g/mol. The lowest BCUT2D eigenvalue weighted by Crippen LogP contribution is -2.49. The number of nitrogens with zero attached hydrogens (tertiary/aromatic N) is 1. The van der Waals surface area contributed by atoms with E-state index in [-0.39, 0.29) is 6.04 Å². The number of aryl methyl sites for hydroxylation is 1. The van der Waals surface area contributed by atoms with Gasteiger partial charge in [-0.05, 0) is 44.9 Å². The van der Waals surface area contributed by atoms with Gasteiger partial charge in [-0.15, -0.1) is 0 Å². The molecule has 2 nitrogen and oxygen atoms in total. The van der Waals surface area contributed by atoms with E-state index in [2.05, 4.69) is 49.9 Å². The van der Waals surface area contributed by atoms with E-state index in [1.807, 2.05) is 0 Å². The van der Waals surface area contributed by atoms with Crippen molar-refractivity contribution in [1.29, 1.82) is 0 Å². The van der Waals surface area contributed by atoms with Crippen LogP contribution in [0.1, 0.15) is 37.3 Å². The van der Waals surface area contributed by atoms with Gasteiger partial charge in [0.05, 0.1) is 0 Å². The van der Waals surface area contributed by atoms with Crippen molar-refractivity contribution >= 4 is 0 Å².